The molecule has 94 valence electrons. The van der Waals surface area contributed by atoms with Crippen molar-refractivity contribution in [1.82, 2.24) is 14.9 Å². The van der Waals surface area contributed by atoms with Gasteiger partial charge in [-0.15, -0.1) is 0 Å². The molecule has 0 saturated carbocycles. The number of nitrogens with one attached hydrogen (secondary N) is 1. The van der Waals surface area contributed by atoms with Crippen molar-refractivity contribution in [2.75, 3.05) is 13.1 Å². The van der Waals surface area contributed by atoms with E-state index in [0.717, 1.165) is 42.9 Å². The Hall–Kier alpha value is -1.86. The van der Waals surface area contributed by atoms with E-state index in [4.69, 9.17) is 5.26 Å². The number of imidazole rings is 1. The number of aromatic nitrogens is 2. The molecule has 0 spiro atoms. The highest BCUT2D eigenvalue weighted by molar-refractivity contribution is 5.75. The van der Waals surface area contributed by atoms with Gasteiger partial charge in [-0.3, -0.25) is 0 Å². The fourth-order valence-electron chi connectivity index (χ4n) is 2.07. The van der Waals surface area contributed by atoms with E-state index in [1.165, 1.54) is 0 Å². The van der Waals surface area contributed by atoms with Gasteiger partial charge >= 0.3 is 0 Å². The quantitative estimate of drug-likeness (QED) is 0.789. The molecule has 0 aliphatic heterocycles. The second kappa shape index (κ2) is 6.18. The molecule has 0 fully saturated rings. The highest BCUT2D eigenvalue weighted by Gasteiger charge is 2.09. The predicted octanol–water partition coefficient (Wildman–Crippen LogP) is 2.10. The maximum Gasteiger partial charge on any atom is 0.124 e. The first-order chi connectivity index (χ1) is 8.86. The lowest BCUT2D eigenvalue weighted by Gasteiger charge is -2.08. The zero-order chi connectivity index (χ0) is 12.8. The zero-order valence-corrected chi connectivity index (χ0v) is 10.7. The zero-order valence-electron chi connectivity index (χ0n) is 10.7. The average molecular weight is 242 g/mol. The van der Waals surface area contributed by atoms with Crippen LogP contribution in [0, 0.1) is 11.3 Å². The van der Waals surface area contributed by atoms with Crippen molar-refractivity contribution in [3.8, 4) is 6.07 Å². The molecule has 2 aromatic rings. The van der Waals surface area contributed by atoms with Crippen molar-refractivity contribution < 1.29 is 0 Å². The number of rotatable bonds is 6. The minimum atomic E-state index is 0.364. The Bertz CT molecular complexity index is 550. The molecule has 1 N–H and O–H groups in total. The SMILES string of the molecule is CCCNCCn1c(CC#N)nc2ccccc21. The average Bonchev–Trinajstić information content (AvgIpc) is 2.73. The molecule has 4 nitrogen and oxygen atoms in total. The number of hydrogen-bond acceptors (Lipinski definition) is 3. The molecular weight excluding hydrogens is 224 g/mol. The second-order valence-electron chi connectivity index (χ2n) is 4.25. The van der Waals surface area contributed by atoms with Gasteiger partial charge in [-0.25, -0.2) is 4.98 Å². The Morgan fingerprint density at radius 3 is 2.94 bits per heavy atom. The minimum Gasteiger partial charge on any atom is -0.326 e. The fraction of sp³-hybridized carbons (Fsp3) is 0.429. The van der Waals surface area contributed by atoms with Crippen LogP contribution < -0.4 is 5.32 Å². The molecule has 0 unspecified atom stereocenters. The van der Waals surface area contributed by atoms with Gasteiger partial charge in [0.15, 0.2) is 0 Å². The second-order valence-corrected chi connectivity index (χ2v) is 4.25. The van der Waals surface area contributed by atoms with Gasteiger partial charge in [-0.05, 0) is 25.1 Å². The number of nitrogens with zero attached hydrogens (tertiary/aromatic N) is 3. The van der Waals surface area contributed by atoms with Crippen LogP contribution in [-0.2, 0) is 13.0 Å². The van der Waals surface area contributed by atoms with Crippen molar-refractivity contribution in [3.63, 3.8) is 0 Å². The summed E-state index contributed by atoms with van der Waals surface area (Å²) in [5, 5.41) is 12.2. The maximum atomic E-state index is 8.86. The molecule has 0 aliphatic carbocycles. The topological polar surface area (TPSA) is 53.6 Å². The van der Waals surface area contributed by atoms with Gasteiger partial charge in [0, 0.05) is 13.1 Å². The maximum absolute atomic E-state index is 8.86. The summed E-state index contributed by atoms with van der Waals surface area (Å²) in [7, 11) is 0. The van der Waals surface area contributed by atoms with Crippen LogP contribution in [0.25, 0.3) is 11.0 Å². The Morgan fingerprint density at radius 1 is 1.33 bits per heavy atom. The van der Waals surface area contributed by atoms with Crippen LogP contribution in [0.4, 0.5) is 0 Å². The molecule has 4 heteroatoms. The lowest BCUT2D eigenvalue weighted by atomic mass is 10.3. The third-order valence-electron chi connectivity index (χ3n) is 2.91. The summed E-state index contributed by atoms with van der Waals surface area (Å²) >= 11 is 0. The molecule has 1 aromatic heterocycles. The Balaban J connectivity index is 2.22. The van der Waals surface area contributed by atoms with Crippen molar-refractivity contribution in [2.24, 2.45) is 0 Å². The van der Waals surface area contributed by atoms with Crippen LogP contribution >= 0.6 is 0 Å². The number of hydrogen-bond donors (Lipinski definition) is 1. The van der Waals surface area contributed by atoms with Gasteiger partial charge in [-0.2, -0.15) is 5.26 Å². The van der Waals surface area contributed by atoms with Gasteiger partial charge in [0.2, 0.25) is 0 Å². The highest BCUT2D eigenvalue weighted by Crippen LogP contribution is 2.15. The van der Waals surface area contributed by atoms with Crippen LogP contribution in [-0.4, -0.2) is 22.6 Å². The molecule has 0 radical (unpaired) electrons. The highest BCUT2D eigenvalue weighted by atomic mass is 15.1. The van der Waals surface area contributed by atoms with Gasteiger partial charge in [0.05, 0.1) is 23.5 Å². The molecule has 0 amide bonds. The number of para-hydroxylation sites is 2. The predicted molar refractivity (Wildman–Crippen MR) is 72.2 cm³/mol. The summed E-state index contributed by atoms with van der Waals surface area (Å²) in [5.41, 5.74) is 2.08. The molecular formula is C14H18N4. The first kappa shape index (κ1) is 12.6. The van der Waals surface area contributed by atoms with Crippen molar-refractivity contribution in [1.29, 1.82) is 5.26 Å². The van der Waals surface area contributed by atoms with Crippen molar-refractivity contribution in [2.45, 2.75) is 26.3 Å². The first-order valence-corrected chi connectivity index (χ1v) is 6.38. The normalized spacial score (nSPS) is 10.7. The Kier molecular flexibility index (Phi) is 4.32. The lowest BCUT2D eigenvalue weighted by Crippen LogP contribution is -2.21. The Morgan fingerprint density at radius 2 is 2.17 bits per heavy atom. The third kappa shape index (κ3) is 2.69. The molecule has 1 aromatic carbocycles. The van der Waals surface area contributed by atoms with Crippen LogP contribution in [0.5, 0.6) is 0 Å². The van der Waals surface area contributed by atoms with Gasteiger partial charge in [-0.1, -0.05) is 19.1 Å². The number of nitriles is 1. The van der Waals surface area contributed by atoms with Crippen molar-refractivity contribution >= 4 is 11.0 Å². The molecule has 1 heterocycles. The molecule has 0 atom stereocenters. The lowest BCUT2D eigenvalue weighted by molar-refractivity contribution is 0.590. The van der Waals surface area contributed by atoms with Gasteiger partial charge in [0.1, 0.15) is 5.82 Å². The third-order valence-corrected chi connectivity index (χ3v) is 2.91. The molecule has 2 rings (SSSR count). The summed E-state index contributed by atoms with van der Waals surface area (Å²) < 4.78 is 2.14. The summed E-state index contributed by atoms with van der Waals surface area (Å²) in [6, 6.07) is 10.2. The van der Waals surface area contributed by atoms with E-state index < -0.39 is 0 Å². The Labute approximate surface area is 107 Å². The van der Waals surface area contributed by atoms with Crippen molar-refractivity contribution in [3.05, 3.63) is 30.1 Å². The summed E-state index contributed by atoms with van der Waals surface area (Å²) in [4.78, 5) is 4.51. The first-order valence-electron chi connectivity index (χ1n) is 6.38. The standard InChI is InChI=1S/C14H18N4/c1-2-9-16-10-11-18-13-6-4-3-5-12(13)17-14(18)7-8-15/h3-6,16H,2,7,9-11H2,1H3. The smallest absolute Gasteiger partial charge is 0.124 e. The van der Waals surface area contributed by atoms with E-state index in [-0.39, 0.29) is 0 Å². The number of benzene rings is 1. The van der Waals surface area contributed by atoms with E-state index in [0.29, 0.717) is 6.42 Å². The molecule has 0 saturated heterocycles. The molecule has 0 bridgehead atoms. The minimum absolute atomic E-state index is 0.364. The van der Waals surface area contributed by atoms with E-state index in [1.54, 1.807) is 0 Å². The summed E-state index contributed by atoms with van der Waals surface area (Å²) in [5.74, 6) is 0.858. The number of fused-ring (bicyclic) bond motifs is 1. The fourth-order valence-corrected chi connectivity index (χ4v) is 2.07. The molecule has 18 heavy (non-hydrogen) atoms. The van der Waals surface area contributed by atoms with Gasteiger partial charge in [0.25, 0.3) is 0 Å². The monoisotopic (exact) mass is 242 g/mol. The van der Waals surface area contributed by atoms with Crippen LogP contribution in [0.15, 0.2) is 24.3 Å². The van der Waals surface area contributed by atoms with Crippen LogP contribution in [0.2, 0.25) is 0 Å². The van der Waals surface area contributed by atoms with E-state index in [9.17, 15) is 0 Å². The van der Waals surface area contributed by atoms with Crippen LogP contribution in [0.1, 0.15) is 19.2 Å². The van der Waals surface area contributed by atoms with E-state index in [2.05, 4.69) is 33.9 Å². The largest absolute Gasteiger partial charge is 0.326 e. The molecule has 0 aliphatic rings. The summed E-state index contributed by atoms with van der Waals surface area (Å²) in [6.07, 6.45) is 1.50. The van der Waals surface area contributed by atoms with Crippen LogP contribution in [0.3, 0.4) is 0 Å². The van der Waals surface area contributed by atoms with Gasteiger partial charge < -0.3 is 9.88 Å². The van der Waals surface area contributed by atoms with E-state index in [1.807, 2.05) is 18.2 Å². The van der Waals surface area contributed by atoms with E-state index >= 15 is 0 Å². The summed E-state index contributed by atoms with van der Waals surface area (Å²) in [6.45, 7) is 4.95.